The van der Waals surface area contributed by atoms with E-state index in [0.29, 0.717) is 11.6 Å². The predicted molar refractivity (Wildman–Crippen MR) is 81.4 cm³/mol. The van der Waals surface area contributed by atoms with Gasteiger partial charge in [-0.05, 0) is 31.0 Å². The monoisotopic (exact) mass is 301 g/mol. The Morgan fingerprint density at radius 3 is 2.81 bits per heavy atom. The van der Waals surface area contributed by atoms with Crippen LogP contribution in [0.2, 0.25) is 0 Å². The Labute approximate surface area is 125 Å². The number of nitrogen functional groups attached to an aromatic ring is 1. The van der Waals surface area contributed by atoms with E-state index in [9.17, 15) is 5.11 Å². The quantitative estimate of drug-likeness (QED) is 0.561. The van der Waals surface area contributed by atoms with Crippen molar-refractivity contribution >= 4 is 22.0 Å². The van der Waals surface area contributed by atoms with Crippen LogP contribution >= 0.6 is 11.3 Å². The second-order valence-electron chi connectivity index (χ2n) is 5.41. The summed E-state index contributed by atoms with van der Waals surface area (Å²) in [5.74, 6) is 1.53. The highest BCUT2D eigenvalue weighted by atomic mass is 32.1. The third-order valence-electron chi connectivity index (χ3n) is 4.01. The number of anilines is 1. The molecule has 7 heteroatoms. The summed E-state index contributed by atoms with van der Waals surface area (Å²) in [6.45, 7) is 0. The van der Waals surface area contributed by atoms with E-state index >= 15 is 0 Å². The highest BCUT2D eigenvalue weighted by Gasteiger charge is 2.24. The van der Waals surface area contributed by atoms with Crippen LogP contribution in [0.4, 0.5) is 5.69 Å². The first-order valence-corrected chi connectivity index (χ1v) is 7.85. The lowest BCUT2D eigenvalue weighted by Crippen LogP contribution is -2.01. The van der Waals surface area contributed by atoms with E-state index < -0.39 is 0 Å². The predicted octanol–water partition coefficient (Wildman–Crippen LogP) is 2.80. The van der Waals surface area contributed by atoms with Gasteiger partial charge in [-0.15, -0.1) is 10.2 Å². The summed E-state index contributed by atoms with van der Waals surface area (Å²) in [5, 5.41) is 23.5. The summed E-state index contributed by atoms with van der Waals surface area (Å²) in [7, 11) is 0. The van der Waals surface area contributed by atoms with Crippen molar-refractivity contribution in [2.45, 2.75) is 31.6 Å². The van der Waals surface area contributed by atoms with Crippen molar-refractivity contribution in [2.75, 3.05) is 5.73 Å². The zero-order valence-electron chi connectivity index (χ0n) is 11.4. The molecular formula is C14H15N5OS. The van der Waals surface area contributed by atoms with Gasteiger partial charge in [0.25, 0.3) is 0 Å². The van der Waals surface area contributed by atoms with E-state index in [1.54, 1.807) is 12.1 Å². The second kappa shape index (κ2) is 4.70. The Bertz CT molecular complexity index is 803. The van der Waals surface area contributed by atoms with E-state index in [1.807, 2.05) is 10.6 Å². The molecule has 3 aromatic rings. The molecule has 0 aliphatic heterocycles. The van der Waals surface area contributed by atoms with Crippen LogP contribution in [0.25, 0.3) is 15.5 Å². The van der Waals surface area contributed by atoms with Crippen LogP contribution in [-0.2, 0) is 0 Å². The van der Waals surface area contributed by atoms with Crippen molar-refractivity contribution in [3.8, 4) is 16.3 Å². The number of aromatic hydroxyl groups is 1. The zero-order chi connectivity index (χ0) is 14.4. The van der Waals surface area contributed by atoms with Gasteiger partial charge in [0.2, 0.25) is 4.96 Å². The molecule has 3 N–H and O–H groups in total. The fourth-order valence-corrected chi connectivity index (χ4v) is 3.72. The van der Waals surface area contributed by atoms with Crippen molar-refractivity contribution in [3.63, 3.8) is 0 Å². The van der Waals surface area contributed by atoms with E-state index in [-0.39, 0.29) is 5.75 Å². The number of fused-ring (bicyclic) bond motifs is 1. The van der Waals surface area contributed by atoms with E-state index in [0.717, 1.165) is 21.4 Å². The van der Waals surface area contributed by atoms with Crippen LogP contribution in [0.1, 0.15) is 37.4 Å². The first-order chi connectivity index (χ1) is 10.2. The summed E-state index contributed by atoms with van der Waals surface area (Å²) < 4.78 is 1.86. The van der Waals surface area contributed by atoms with E-state index in [1.165, 1.54) is 37.0 Å². The molecule has 1 fully saturated rings. The molecule has 1 aliphatic carbocycles. The lowest BCUT2D eigenvalue weighted by atomic mass is 10.1. The fourth-order valence-electron chi connectivity index (χ4n) is 2.87. The van der Waals surface area contributed by atoms with Gasteiger partial charge < -0.3 is 10.8 Å². The van der Waals surface area contributed by atoms with Crippen molar-refractivity contribution < 1.29 is 5.11 Å². The molecule has 1 aliphatic rings. The first kappa shape index (κ1) is 12.6. The maximum Gasteiger partial charge on any atom is 0.234 e. The minimum Gasteiger partial charge on any atom is -0.506 e. The molecule has 1 aromatic carbocycles. The topological polar surface area (TPSA) is 89.3 Å². The standard InChI is InChI=1S/C14H15N5OS/c15-10-7-9(5-6-11(10)20)13-18-19-12(8-3-1-2-4-8)16-17-14(19)21-13/h5-8,20H,1-4,15H2. The molecule has 2 heterocycles. The molecule has 0 spiro atoms. The highest BCUT2D eigenvalue weighted by Crippen LogP contribution is 2.35. The SMILES string of the molecule is Nc1cc(-c2nn3c(C4CCCC4)nnc3s2)ccc1O. The molecule has 21 heavy (non-hydrogen) atoms. The highest BCUT2D eigenvalue weighted by molar-refractivity contribution is 7.19. The molecule has 0 bridgehead atoms. The Balaban J connectivity index is 1.78. The number of phenols is 1. The second-order valence-corrected chi connectivity index (χ2v) is 6.37. The molecule has 1 saturated carbocycles. The molecule has 6 nitrogen and oxygen atoms in total. The van der Waals surface area contributed by atoms with Gasteiger partial charge in [0, 0.05) is 11.5 Å². The molecule has 0 radical (unpaired) electrons. The van der Waals surface area contributed by atoms with Gasteiger partial charge in [0.05, 0.1) is 5.69 Å². The third kappa shape index (κ3) is 2.04. The third-order valence-corrected chi connectivity index (χ3v) is 4.96. The zero-order valence-corrected chi connectivity index (χ0v) is 12.2. The summed E-state index contributed by atoms with van der Waals surface area (Å²) in [5.41, 5.74) is 6.99. The number of aromatic nitrogens is 4. The average molecular weight is 301 g/mol. The number of phenolic OH excluding ortho intramolecular Hbond substituents is 1. The van der Waals surface area contributed by atoms with Crippen LogP contribution in [0.15, 0.2) is 18.2 Å². The smallest absolute Gasteiger partial charge is 0.234 e. The van der Waals surface area contributed by atoms with Gasteiger partial charge in [0.1, 0.15) is 10.8 Å². The van der Waals surface area contributed by atoms with Gasteiger partial charge >= 0.3 is 0 Å². The van der Waals surface area contributed by atoms with E-state index in [4.69, 9.17) is 5.73 Å². The number of hydrogen-bond donors (Lipinski definition) is 2. The van der Waals surface area contributed by atoms with Crippen molar-refractivity contribution in [1.82, 2.24) is 19.8 Å². The molecular weight excluding hydrogens is 286 g/mol. The number of nitrogens with two attached hydrogens (primary N) is 1. The first-order valence-electron chi connectivity index (χ1n) is 7.03. The van der Waals surface area contributed by atoms with Gasteiger partial charge in [-0.2, -0.15) is 9.61 Å². The van der Waals surface area contributed by atoms with Crippen molar-refractivity contribution in [3.05, 3.63) is 24.0 Å². The lowest BCUT2D eigenvalue weighted by Gasteiger charge is -2.03. The van der Waals surface area contributed by atoms with Gasteiger partial charge in [-0.1, -0.05) is 24.2 Å². The van der Waals surface area contributed by atoms with Crippen molar-refractivity contribution in [1.29, 1.82) is 0 Å². The fraction of sp³-hybridized carbons (Fsp3) is 0.357. The lowest BCUT2D eigenvalue weighted by molar-refractivity contribution is 0.478. The summed E-state index contributed by atoms with van der Waals surface area (Å²) in [6, 6.07) is 5.13. The molecule has 0 saturated heterocycles. The van der Waals surface area contributed by atoms with Gasteiger partial charge in [-0.25, -0.2) is 0 Å². The average Bonchev–Trinajstić information content (AvgIpc) is 3.16. The largest absolute Gasteiger partial charge is 0.506 e. The summed E-state index contributed by atoms with van der Waals surface area (Å²) in [4.78, 5) is 0.804. The molecule has 4 rings (SSSR count). The molecule has 108 valence electrons. The molecule has 0 atom stereocenters. The van der Waals surface area contributed by atoms with Crippen molar-refractivity contribution in [2.24, 2.45) is 0 Å². The van der Waals surface area contributed by atoms with E-state index in [2.05, 4.69) is 15.3 Å². The van der Waals surface area contributed by atoms with Crippen LogP contribution in [0.5, 0.6) is 5.75 Å². The Hall–Kier alpha value is -2.15. The molecule has 0 unspecified atom stereocenters. The van der Waals surface area contributed by atoms with Crippen LogP contribution < -0.4 is 5.73 Å². The maximum absolute atomic E-state index is 9.51. The molecule has 2 aromatic heterocycles. The number of benzene rings is 1. The maximum atomic E-state index is 9.51. The number of nitrogens with zero attached hydrogens (tertiary/aromatic N) is 4. The Kier molecular flexibility index (Phi) is 2.81. The summed E-state index contributed by atoms with van der Waals surface area (Å²) >= 11 is 1.49. The summed E-state index contributed by atoms with van der Waals surface area (Å²) in [6.07, 6.45) is 4.84. The minimum atomic E-state index is 0.0911. The van der Waals surface area contributed by atoms with Crippen LogP contribution in [-0.4, -0.2) is 24.9 Å². The normalized spacial score (nSPS) is 16.0. The van der Waals surface area contributed by atoms with Gasteiger partial charge in [-0.3, -0.25) is 0 Å². The number of rotatable bonds is 2. The van der Waals surface area contributed by atoms with Gasteiger partial charge in [0.15, 0.2) is 5.82 Å². The molecule has 0 amide bonds. The van der Waals surface area contributed by atoms with Crippen LogP contribution in [0.3, 0.4) is 0 Å². The Morgan fingerprint density at radius 2 is 2.05 bits per heavy atom. The van der Waals surface area contributed by atoms with Crippen LogP contribution in [0, 0.1) is 0 Å². The number of hydrogen-bond acceptors (Lipinski definition) is 6. The Morgan fingerprint density at radius 1 is 1.24 bits per heavy atom. The minimum absolute atomic E-state index is 0.0911.